The number of aromatic amines is 1. The van der Waals surface area contributed by atoms with E-state index in [9.17, 15) is 9.59 Å². The molecule has 0 saturated carbocycles. The number of hydrogen-bond acceptors (Lipinski definition) is 2. The monoisotopic (exact) mass is 335 g/mol. The van der Waals surface area contributed by atoms with Gasteiger partial charge < -0.3 is 15.6 Å². The third-order valence-electron chi connectivity index (χ3n) is 3.44. The maximum absolute atomic E-state index is 12.1. The molecule has 2 aromatic rings. The van der Waals surface area contributed by atoms with Gasteiger partial charge in [-0.05, 0) is 24.3 Å². The highest BCUT2D eigenvalue weighted by Gasteiger charge is 2.22. The van der Waals surface area contributed by atoms with E-state index in [1.54, 1.807) is 0 Å². The number of hydrogen-bond donors (Lipinski definition) is 3. The smallest absolute Gasteiger partial charge is 0.267 e. The van der Waals surface area contributed by atoms with Crippen LogP contribution in [0.4, 0.5) is 0 Å². The van der Waals surface area contributed by atoms with Gasteiger partial charge in [-0.25, -0.2) is 0 Å². The quantitative estimate of drug-likeness (QED) is 0.800. The third kappa shape index (κ3) is 2.70. The van der Waals surface area contributed by atoms with E-state index in [-0.39, 0.29) is 17.7 Å². The minimum absolute atomic E-state index is 0.0553. The minimum Gasteiger partial charge on any atom is -0.356 e. The van der Waals surface area contributed by atoms with Crippen LogP contribution >= 0.6 is 15.9 Å². The molecule has 3 N–H and O–H groups in total. The summed E-state index contributed by atoms with van der Waals surface area (Å²) in [5.74, 6) is 0.0985. The molecular formula is C14H14BrN3O2. The number of aromatic nitrogens is 1. The van der Waals surface area contributed by atoms with Crippen LogP contribution in [0.5, 0.6) is 0 Å². The molecule has 2 heterocycles. The molecule has 6 heteroatoms. The minimum atomic E-state index is -0.142. The van der Waals surface area contributed by atoms with Crippen molar-refractivity contribution in [3.8, 4) is 0 Å². The van der Waals surface area contributed by atoms with Crippen LogP contribution in [0, 0.1) is 5.92 Å². The highest BCUT2D eigenvalue weighted by molar-refractivity contribution is 9.10. The van der Waals surface area contributed by atoms with Crippen molar-refractivity contribution < 1.29 is 9.59 Å². The topological polar surface area (TPSA) is 74.0 Å². The van der Waals surface area contributed by atoms with E-state index in [1.807, 2.05) is 24.3 Å². The molecule has 20 heavy (non-hydrogen) atoms. The number of rotatable bonds is 3. The summed E-state index contributed by atoms with van der Waals surface area (Å²) in [4.78, 5) is 26.3. The molecule has 1 aliphatic rings. The van der Waals surface area contributed by atoms with Gasteiger partial charge in [-0.2, -0.15) is 0 Å². The lowest BCUT2D eigenvalue weighted by molar-refractivity contribution is -0.119. The van der Waals surface area contributed by atoms with Gasteiger partial charge in [-0.15, -0.1) is 0 Å². The van der Waals surface area contributed by atoms with Gasteiger partial charge in [0.05, 0.1) is 0 Å². The van der Waals surface area contributed by atoms with E-state index in [1.165, 1.54) is 0 Å². The Balaban J connectivity index is 1.67. The maximum Gasteiger partial charge on any atom is 0.267 e. The summed E-state index contributed by atoms with van der Waals surface area (Å²) < 4.78 is 0.978. The predicted octanol–water partition coefficient (Wildman–Crippen LogP) is 1.80. The summed E-state index contributed by atoms with van der Waals surface area (Å²) in [6, 6.07) is 7.64. The van der Waals surface area contributed by atoms with E-state index in [0.29, 0.717) is 25.2 Å². The average molecular weight is 336 g/mol. The van der Waals surface area contributed by atoms with Crippen molar-refractivity contribution in [3.63, 3.8) is 0 Å². The highest BCUT2D eigenvalue weighted by Crippen LogP contribution is 2.20. The lowest BCUT2D eigenvalue weighted by atomic mass is 10.1. The van der Waals surface area contributed by atoms with Gasteiger partial charge >= 0.3 is 0 Å². The van der Waals surface area contributed by atoms with Crippen LogP contribution in [-0.2, 0) is 4.79 Å². The van der Waals surface area contributed by atoms with Gasteiger partial charge in [0.1, 0.15) is 5.69 Å². The number of halogens is 1. The molecule has 1 aliphatic heterocycles. The van der Waals surface area contributed by atoms with Crippen molar-refractivity contribution in [1.82, 2.24) is 15.6 Å². The standard InChI is InChI=1S/C14H14BrN3O2/c15-10-1-2-11-9(4-10)5-12(18-11)14(20)17-7-8-3-13(19)16-6-8/h1-2,4-5,8,18H,3,6-7H2,(H,16,19)(H,17,20). The second kappa shape index (κ2) is 5.28. The summed E-state index contributed by atoms with van der Waals surface area (Å²) in [7, 11) is 0. The first kappa shape index (κ1) is 13.2. The normalized spacial score (nSPS) is 18.2. The molecule has 104 valence electrons. The average Bonchev–Trinajstić information content (AvgIpc) is 3.01. The fraction of sp³-hybridized carbons (Fsp3) is 0.286. The first-order valence-corrected chi connectivity index (χ1v) is 7.24. The summed E-state index contributed by atoms with van der Waals surface area (Å²) in [5.41, 5.74) is 1.46. The zero-order chi connectivity index (χ0) is 14.1. The summed E-state index contributed by atoms with van der Waals surface area (Å²) in [5, 5.41) is 6.61. The summed E-state index contributed by atoms with van der Waals surface area (Å²) >= 11 is 3.41. The van der Waals surface area contributed by atoms with Crippen LogP contribution in [0.25, 0.3) is 10.9 Å². The van der Waals surface area contributed by atoms with Crippen LogP contribution < -0.4 is 10.6 Å². The molecule has 0 bridgehead atoms. The molecule has 1 aromatic heterocycles. The largest absolute Gasteiger partial charge is 0.356 e. The molecule has 0 spiro atoms. The fourth-order valence-corrected chi connectivity index (χ4v) is 2.75. The Kier molecular flexibility index (Phi) is 3.48. The van der Waals surface area contributed by atoms with E-state index >= 15 is 0 Å². The van der Waals surface area contributed by atoms with Crippen LogP contribution in [0.2, 0.25) is 0 Å². The van der Waals surface area contributed by atoms with Gasteiger partial charge in [-0.3, -0.25) is 9.59 Å². The lowest BCUT2D eigenvalue weighted by Crippen LogP contribution is -2.30. The Morgan fingerprint density at radius 2 is 2.25 bits per heavy atom. The van der Waals surface area contributed by atoms with Gasteiger partial charge in [-0.1, -0.05) is 15.9 Å². The second-order valence-electron chi connectivity index (χ2n) is 5.00. The molecule has 0 radical (unpaired) electrons. The van der Waals surface area contributed by atoms with Gasteiger partial charge in [0, 0.05) is 40.8 Å². The molecule has 1 saturated heterocycles. The van der Waals surface area contributed by atoms with Crippen molar-refractivity contribution >= 4 is 38.6 Å². The number of carbonyl (C=O) groups is 2. The Morgan fingerprint density at radius 3 is 3.00 bits per heavy atom. The molecule has 1 aromatic carbocycles. The van der Waals surface area contributed by atoms with Crippen molar-refractivity contribution in [2.24, 2.45) is 5.92 Å². The molecule has 3 rings (SSSR count). The maximum atomic E-state index is 12.1. The van der Waals surface area contributed by atoms with Crippen LogP contribution in [0.15, 0.2) is 28.7 Å². The zero-order valence-corrected chi connectivity index (χ0v) is 12.3. The Bertz CT molecular complexity index is 680. The third-order valence-corrected chi connectivity index (χ3v) is 3.93. The first-order chi connectivity index (χ1) is 9.61. The van der Waals surface area contributed by atoms with Gasteiger partial charge in [0.2, 0.25) is 5.91 Å². The molecule has 0 aliphatic carbocycles. The highest BCUT2D eigenvalue weighted by atomic mass is 79.9. The molecule has 1 unspecified atom stereocenters. The van der Waals surface area contributed by atoms with Crippen LogP contribution in [-0.4, -0.2) is 29.9 Å². The summed E-state index contributed by atoms with van der Waals surface area (Å²) in [6.07, 6.45) is 0.486. The Hall–Kier alpha value is -1.82. The Labute approximate surface area is 124 Å². The first-order valence-electron chi connectivity index (χ1n) is 6.45. The fourth-order valence-electron chi connectivity index (χ4n) is 2.37. The number of H-pyrrole nitrogens is 1. The SMILES string of the molecule is O=C1CC(CNC(=O)c2cc3cc(Br)ccc3[nH]2)CN1. The van der Waals surface area contributed by atoms with E-state index in [4.69, 9.17) is 0 Å². The molecule has 1 atom stereocenters. The van der Waals surface area contributed by atoms with Gasteiger partial charge in [0.25, 0.3) is 5.91 Å². The molecule has 2 amide bonds. The number of fused-ring (bicyclic) bond motifs is 1. The Morgan fingerprint density at radius 1 is 1.40 bits per heavy atom. The number of benzene rings is 1. The van der Waals surface area contributed by atoms with Crippen molar-refractivity contribution in [1.29, 1.82) is 0 Å². The van der Waals surface area contributed by atoms with Crippen LogP contribution in [0.3, 0.4) is 0 Å². The van der Waals surface area contributed by atoms with E-state index in [0.717, 1.165) is 15.4 Å². The van der Waals surface area contributed by atoms with Crippen molar-refractivity contribution in [3.05, 3.63) is 34.4 Å². The second-order valence-corrected chi connectivity index (χ2v) is 5.91. The number of carbonyl (C=O) groups excluding carboxylic acids is 2. The molecule has 1 fully saturated rings. The van der Waals surface area contributed by atoms with E-state index < -0.39 is 0 Å². The number of amides is 2. The number of nitrogens with one attached hydrogen (secondary N) is 3. The van der Waals surface area contributed by atoms with Gasteiger partial charge in [0.15, 0.2) is 0 Å². The van der Waals surface area contributed by atoms with E-state index in [2.05, 4.69) is 31.5 Å². The van der Waals surface area contributed by atoms with Crippen molar-refractivity contribution in [2.45, 2.75) is 6.42 Å². The predicted molar refractivity (Wildman–Crippen MR) is 79.4 cm³/mol. The molecule has 5 nitrogen and oxygen atoms in total. The lowest BCUT2D eigenvalue weighted by Gasteiger charge is -2.08. The zero-order valence-electron chi connectivity index (χ0n) is 10.7. The molecular weight excluding hydrogens is 322 g/mol. The van der Waals surface area contributed by atoms with Crippen LogP contribution in [0.1, 0.15) is 16.9 Å². The summed E-state index contributed by atoms with van der Waals surface area (Å²) in [6.45, 7) is 1.15. The van der Waals surface area contributed by atoms with Crippen molar-refractivity contribution in [2.75, 3.05) is 13.1 Å².